The molecule has 0 spiro atoms. The lowest BCUT2D eigenvalue weighted by molar-refractivity contribution is -0.137. The topological polar surface area (TPSA) is 66.5 Å². The number of nitrogens with one attached hydrogen (secondary N) is 1. The van der Waals surface area contributed by atoms with Gasteiger partial charge in [0.15, 0.2) is 0 Å². The van der Waals surface area contributed by atoms with Gasteiger partial charge < -0.3 is 0 Å². The largest absolute Gasteiger partial charge is 0.300 e. The molecular formula is C9H14N2O3. The number of hydrogen-bond donors (Lipinski definition) is 1. The third kappa shape index (κ3) is 2.92. The third-order valence-corrected chi connectivity index (χ3v) is 2.18. The number of imide groups is 1. The molecule has 2 amide bonds. The molecule has 5 nitrogen and oxygen atoms in total. The van der Waals surface area contributed by atoms with Crippen LogP contribution in [-0.4, -0.2) is 41.6 Å². The van der Waals surface area contributed by atoms with Crippen LogP contribution in [0, 0.1) is 0 Å². The number of nitrogens with zero attached hydrogens (tertiary/aromatic N) is 1. The molecule has 0 aromatic heterocycles. The van der Waals surface area contributed by atoms with E-state index in [-0.39, 0.29) is 36.7 Å². The molecule has 1 N–H and O–H groups in total. The van der Waals surface area contributed by atoms with Crippen molar-refractivity contribution in [2.45, 2.75) is 26.3 Å². The molecule has 1 aliphatic rings. The Morgan fingerprint density at radius 3 is 2.36 bits per heavy atom. The van der Waals surface area contributed by atoms with E-state index in [4.69, 9.17) is 0 Å². The Balaban J connectivity index is 2.54. The van der Waals surface area contributed by atoms with Gasteiger partial charge in [-0.25, -0.2) is 0 Å². The second-order valence-electron chi connectivity index (χ2n) is 3.63. The summed E-state index contributed by atoms with van der Waals surface area (Å²) in [5.41, 5.74) is 0. The summed E-state index contributed by atoms with van der Waals surface area (Å²) < 4.78 is 0. The Hall–Kier alpha value is -1.23. The predicted molar refractivity (Wildman–Crippen MR) is 49.5 cm³/mol. The summed E-state index contributed by atoms with van der Waals surface area (Å²) in [6.45, 7) is 3.73. The van der Waals surface area contributed by atoms with Crippen LogP contribution >= 0.6 is 0 Å². The normalized spacial score (nSPS) is 20.4. The minimum absolute atomic E-state index is 0.0532. The maximum atomic E-state index is 11.0. The molecule has 1 fully saturated rings. The van der Waals surface area contributed by atoms with E-state index in [2.05, 4.69) is 5.32 Å². The molecule has 0 aromatic rings. The zero-order chi connectivity index (χ0) is 10.7. The number of carbonyl (C=O) groups is 3. The van der Waals surface area contributed by atoms with Crippen molar-refractivity contribution in [3.63, 3.8) is 0 Å². The smallest absolute Gasteiger partial charge is 0.240 e. The summed E-state index contributed by atoms with van der Waals surface area (Å²) in [7, 11) is 0. The maximum Gasteiger partial charge on any atom is 0.240 e. The number of carbonyl (C=O) groups excluding carboxylic acids is 3. The predicted octanol–water partition coefficient (Wildman–Crippen LogP) is -0.688. The summed E-state index contributed by atoms with van der Waals surface area (Å²) in [5, 5.41) is 2.21. The lowest BCUT2D eigenvalue weighted by Gasteiger charge is -2.30. The average molecular weight is 198 g/mol. The van der Waals surface area contributed by atoms with Crippen molar-refractivity contribution in [1.29, 1.82) is 0 Å². The molecule has 5 heteroatoms. The number of piperazine rings is 1. The quantitative estimate of drug-likeness (QED) is 0.610. The van der Waals surface area contributed by atoms with Crippen molar-refractivity contribution >= 4 is 17.6 Å². The second-order valence-corrected chi connectivity index (χ2v) is 3.63. The van der Waals surface area contributed by atoms with Crippen LogP contribution in [0.1, 0.15) is 20.3 Å². The summed E-state index contributed by atoms with van der Waals surface area (Å²) in [5.74, 6) is -0.524. The van der Waals surface area contributed by atoms with Crippen LogP contribution in [0.15, 0.2) is 0 Å². The monoisotopic (exact) mass is 198 g/mol. The van der Waals surface area contributed by atoms with Gasteiger partial charge in [-0.2, -0.15) is 0 Å². The zero-order valence-electron chi connectivity index (χ0n) is 8.37. The summed E-state index contributed by atoms with van der Waals surface area (Å²) >= 11 is 0. The number of rotatable bonds is 3. The van der Waals surface area contributed by atoms with E-state index in [9.17, 15) is 14.4 Å². The van der Waals surface area contributed by atoms with Gasteiger partial charge in [-0.1, -0.05) is 0 Å². The van der Waals surface area contributed by atoms with E-state index < -0.39 is 0 Å². The Bertz CT molecular complexity index is 259. The molecule has 1 unspecified atom stereocenters. The fourth-order valence-corrected chi connectivity index (χ4v) is 1.52. The summed E-state index contributed by atoms with van der Waals surface area (Å²) in [6.07, 6.45) is 0.376. The molecule has 1 heterocycles. The first-order chi connectivity index (χ1) is 6.49. The van der Waals surface area contributed by atoms with Gasteiger partial charge in [-0.15, -0.1) is 0 Å². The number of amides is 2. The maximum absolute atomic E-state index is 11.0. The van der Waals surface area contributed by atoms with Crippen LogP contribution in [0.3, 0.4) is 0 Å². The van der Waals surface area contributed by atoms with E-state index in [1.807, 2.05) is 6.92 Å². The lowest BCUT2D eigenvalue weighted by Crippen LogP contribution is -2.54. The van der Waals surface area contributed by atoms with Gasteiger partial charge >= 0.3 is 0 Å². The first-order valence-electron chi connectivity index (χ1n) is 4.55. The molecule has 0 bridgehead atoms. The van der Waals surface area contributed by atoms with Crippen LogP contribution in [-0.2, 0) is 14.4 Å². The highest BCUT2D eigenvalue weighted by Crippen LogP contribution is 2.06. The molecule has 0 aliphatic carbocycles. The van der Waals surface area contributed by atoms with E-state index >= 15 is 0 Å². The van der Waals surface area contributed by atoms with Gasteiger partial charge in [-0.3, -0.25) is 24.6 Å². The van der Waals surface area contributed by atoms with Gasteiger partial charge in [0.1, 0.15) is 5.78 Å². The fourth-order valence-electron chi connectivity index (χ4n) is 1.52. The zero-order valence-corrected chi connectivity index (χ0v) is 8.37. The number of ketones is 1. The van der Waals surface area contributed by atoms with E-state index in [0.717, 1.165) is 0 Å². The van der Waals surface area contributed by atoms with Crippen molar-refractivity contribution < 1.29 is 14.4 Å². The first kappa shape index (κ1) is 10.8. The molecule has 1 aliphatic heterocycles. The highest BCUT2D eigenvalue weighted by atomic mass is 16.2. The Kier molecular flexibility index (Phi) is 3.35. The molecule has 1 rings (SSSR count). The number of Topliss-reactive ketones (excluding diaryl/α,β-unsaturated/α-hetero) is 1. The Morgan fingerprint density at radius 1 is 1.43 bits per heavy atom. The van der Waals surface area contributed by atoms with Crippen LogP contribution in [0.2, 0.25) is 0 Å². The van der Waals surface area contributed by atoms with Crippen molar-refractivity contribution in [2.24, 2.45) is 0 Å². The molecule has 0 saturated carbocycles. The van der Waals surface area contributed by atoms with Crippen LogP contribution in [0.25, 0.3) is 0 Å². The molecule has 1 atom stereocenters. The first-order valence-corrected chi connectivity index (χ1v) is 4.55. The van der Waals surface area contributed by atoms with E-state index in [1.165, 1.54) is 6.92 Å². The second kappa shape index (κ2) is 4.32. The van der Waals surface area contributed by atoms with Gasteiger partial charge in [0.2, 0.25) is 11.8 Å². The summed E-state index contributed by atoms with van der Waals surface area (Å²) in [4.78, 5) is 34.6. The summed E-state index contributed by atoms with van der Waals surface area (Å²) in [6, 6.07) is -0.0532. The van der Waals surface area contributed by atoms with Gasteiger partial charge in [-0.05, 0) is 13.8 Å². The molecule has 14 heavy (non-hydrogen) atoms. The van der Waals surface area contributed by atoms with E-state index in [0.29, 0.717) is 6.42 Å². The Morgan fingerprint density at radius 2 is 1.93 bits per heavy atom. The minimum atomic E-state index is -0.295. The standard InChI is InChI=1S/C9H14N2O3/c1-6(3-7(2)12)11-4-8(13)10-9(14)5-11/h6H,3-5H2,1-2H3,(H,10,13,14). The minimum Gasteiger partial charge on any atom is -0.300 e. The van der Waals surface area contributed by atoms with Crippen molar-refractivity contribution in [3.8, 4) is 0 Å². The third-order valence-electron chi connectivity index (χ3n) is 2.18. The van der Waals surface area contributed by atoms with Crippen LogP contribution in [0.4, 0.5) is 0 Å². The van der Waals surface area contributed by atoms with Gasteiger partial charge in [0, 0.05) is 12.5 Å². The van der Waals surface area contributed by atoms with Crippen LogP contribution in [0.5, 0.6) is 0 Å². The highest BCUT2D eigenvalue weighted by Gasteiger charge is 2.26. The molecule has 0 radical (unpaired) electrons. The van der Waals surface area contributed by atoms with Crippen LogP contribution < -0.4 is 5.32 Å². The fraction of sp³-hybridized carbons (Fsp3) is 0.667. The van der Waals surface area contributed by atoms with Crippen molar-refractivity contribution in [1.82, 2.24) is 10.2 Å². The van der Waals surface area contributed by atoms with Gasteiger partial charge in [0.05, 0.1) is 13.1 Å². The lowest BCUT2D eigenvalue weighted by atomic mass is 10.1. The molecule has 1 saturated heterocycles. The molecule has 0 aromatic carbocycles. The molecular weight excluding hydrogens is 184 g/mol. The van der Waals surface area contributed by atoms with Crippen molar-refractivity contribution in [3.05, 3.63) is 0 Å². The van der Waals surface area contributed by atoms with Gasteiger partial charge in [0.25, 0.3) is 0 Å². The highest BCUT2D eigenvalue weighted by molar-refractivity contribution is 5.99. The molecule has 78 valence electrons. The average Bonchev–Trinajstić information content (AvgIpc) is 2.00. The van der Waals surface area contributed by atoms with Crippen molar-refractivity contribution in [2.75, 3.05) is 13.1 Å². The SMILES string of the molecule is CC(=O)CC(C)N1CC(=O)NC(=O)C1. The Labute approximate surface area is 82.4 Å². The number of hydrogen-bond acceptors (Lipinski definition) is 4. The van der Waals surface area contributed by atoms with E-state index in [1.54, 1.807) is 4.90 Å².